The summed E-state index contributed by atoms with van der Waals surface area (Å²) in [7, 11) is 0. The maximum atomic E-state index is 6.02. The highest BCUT2D eigenvalue weighted by Crippen LogP contribution is 2.24. The highest BCUT2D eigenvalue weighted by Gasteiger charge is 2.06. The van der Waals surface area contributed by atoms with Gasteiger partial charge in [0.1, 0.15) is 12.4 Å². The van der Waals surface area contributed by atoms with E-state index in [1.807, 2.05) is 30.3 Å². The molecule has 0 saturated carbocycles. The fourth-order valence-electron chi connectivity index (χ4n) is 2.05. The van der Waals surface area contributed by atoms with Gasteiger partial charge in [-0.25, -0.2) is 0 Å². The van der Waals surface area contributed by atoms with Gasteiger partial charge in [-0.05, 0) is 34.2 Å². The van der Waals surface area contributed by atoms with Crippen molar-refractivity contribution in [2.45, 2.75) is 13.2 Å². The molecule has 0 aliphatic rings. The topological polar surface area (TPSA) is 90.9 Å². The fourth-order valence-corrected chi connectivity index (χ4v) is 2.37. The molecule has 0 spiro atoms. The number of para-hydroxylation sites is 1. The van der Waals surface area contributed by atoms with Crippen molar-refractivity contribution in [3.63, 3.8) is 0 Å². The van der Waals surface area contributed by atoms with E-state index in [1.54, 1.807) is 12.1 Å². The second-order valence-electron chi connectivity index (χ2n) is 4.93. The molecule has 0 bridgehead atoms. The van der Waals surface area contributed by atoms with E-state index in [-0.39, 0.29) is 5.95 Å². The minimum absolute atomic E-state index is 0.184. The van der Waals surface area contributed by atoms with Crippen LogP contribution in [0.2, 0.25) is 10.0 Å². The molecule has 124 valence electrons. The Hall–Kier alpha value is -2.51. The molecule has 3 N–H and O–H groups in total. The summed E-state index contributed by atoms with van der Waals surface area (Å²) >= 11 is 11.9. The second-order valence-corrected chi connectivity index (χ2v) is 5.74. The normalized spacial score (nSPS) is 10.6. The van der Waals surface area contributed by atoms with Crippen molar-refractivity contribution in [1.29, 1.82) is 0 Å². The van der Waals surface area contributed by atoms with Crippen LogP contribution in [0.25, 0.3) is 0 Å². The van der Waals surface area contributed by atoms with E-state index in [9.17, 15) is 0 Å². The molecule has 24 heavy (non-hydrogen) atoms. The second kappa shape index (κ2) is 7.37. The number of hydrogen-bond acceptors (Lipinski definition) is 6. The van der Waals surface area contributed by atoms with Crippen molar-refractivity contribution < 1.29 is 4.74 Å². The number of halogens is 2. The zero-order chi connectivity index (χ0) is 16.9. The Labute approximate surface area is 148 Å². The maximum Gasteiger partial charge on any atom is 0.260 e. The van der Waals surface area contributed by atoms with Crippen LogP contribution in [-0.4, -0.2) is 20.3 Å². The number of nitrogens with one attached hydrogen (secondary N) is 1. The van der Waals surface area contributed by atoms with E-state index in [4.69, 9.17) is 33.7 Å². The van der Waals surface area contributed by atoms with Gasteiger partial charge in [-0.15, -0.1) is 4.79 Å². The van der Waals surface area contributed by atoms with Crippen LogP contribution in [-0.2, 0) is 13.2 Å². The molecule has 0 atom stereocenters. The molecule has 0 fully saturated rings. The first-order valence-electron chi connectivity index (χ1n) is 7.06. The van der Waals surface area contributed by atoms with E-state index >= 15 is 0 Å². The van der Waals surface area contributed by atoms with Crippen LogP contribution >= 0.6 is 23.2 Å². The average molecular weight is 365 g/mol. The van der Waals surface area contributed by atoms with Crippen molar-refractivity contribution in [2.24, 2.45) is 0 Å². The lowest BCUT2D eigenvalue weighted by atomic mass is 10.2. The molecule has 0 saturated heterocycles. The quantitative estimate of drug-likeness (QED) is 0.698. The Bertz CT molecular complexity index is 838. The van der Waals surface area contributed by atoms with Gasteiger partial charge in [-0.3, -0.25) is 0 Å². The lowest BCUT2D eigenvalue weighted by Crippen LogP contribution is -2.18. The molecule has 3 rings (SSSR count). The molecule has 0 amide bonds. The minimum Gasteiger partial charge on any atom is -0.489 e. The summed E-state index contributed by atoms with van der Waals surface area (Å²) < 4.78 is 5.88. The number of ether oxygens (including phenoxy) is 1. The van der Waals surface area contributed by atoms with Crippen LogP contribution in [0.1, 0.15) is 11.1 Å². The van der Waals surface area contributed by atoms with Crippen LogP contribution in [0.5, 0.6) is 5.75 Å². The molecular weight excluding hydrogens is 351 g/mol. The van der Waals surface area contributed by atoms with Gasteiger partial charge < -0.3 is 15.9 Å². The minimum atomic E-state index is 0.184. The predicted molar refractivity (Wildman–Crippen MR) is 92.5 cm³/mol. The van der Waals surface area contributed by atoms with Crippen molar-refractivity contribution in [2.75, 3.05) is 11.2 Å². The lowest BCUT2D eigenvalue weighted by Gasteiger charge is -2.13. The van der Waals surface area contributed by atoms with E-state index in [0.29, 0.717) is 23.2 Å². The summed E-state index contributed by atoms with van der Waals surface area (Å²) in [4.78, 5) is 1.30. The molecule has 7 nitrogen and oxygen atoms in total. The monoisotopic (exact) mass is 364 g/mol. The van der Waals surface area contributed by atoms with Gasteiger partial charge in [0.25, 0.3) is 5.95 Å². The van der Waals surface area contributed by atoms with Crippen LogP contribution in [0.15, 0.2) is 42.5 Å². The lowest BCUT2D eigenvalue weighted by molar-refractivity contribution is 0.303. The summed E-state index contributed by atoms with van der Waals surface area (Å²) in [5.41, 5.74) is 10.5. The van der Waals surface area contributed by atoms with Gasteiger partial charge in [0, 0.05) is 5.56 Å². The Morgan fingerprint density at radius 2 is 1.96 bits per heavy atom. The number of hydrogen-bond donors (Lipinski definition) is 2. The molecule has 2 aromatic carbocycles. The molecular formula is C15H14Cl2N6O. The molecule has 0 aliphatic heterocycles. The first kappa shape index (κ1) is 16.4. The highest BCUT2D eigenvalue weighted by molar-refractivity contribution is 6.42. The smallest absolute Gasteiger partial charge is 0.260 e. The molecule has 3 aromatic rings. The van der Waals surface area contributed by atoms with Gasteiger partial charge >= 0.3 is 0 Å². The Morgan fingerprint density at radius 1 is 1.12 bits per heavy atom. The van der Waals surface area contributed by atoms with E-state index in [0.717, 1.165) is 16.9 Å². The van der Waals surface area contributed by atoms with Gasteiger partial charge in [0.15, 0.2) is 0 Å². The summed E-state index contributed by atoms with van der Waals surface area (Å²) in [5, 5.41) is 11.8. The molecule has 9 heteroatoms. The molecule has 1 heterocycles. The van der Waals surface area contributed by atoms with Crippen LogP contribution in [0.3, 0.4) is 0 Å². The summed E-state index contributed by atoms with van der Waals surface area (Å²) in [6.45, 7) is 0.827. The number of anilines is 1. The Balaban J connectivity index is 1.67. The average Bonchev–Trinajstić information content (AvgIpc) is 3.00. The number of benzene rings is 2. The summed E-state index contributed by atoms with van der Waals surface area (Å²) in [5.74, 6) is 0.923. The number of nitrogens with zero attached hydrogens (tertiary/aromatic N) is 4. The van der Waals surface area contributed by atoms with Crippen LogP contribution in [0.4, 0.5) is 5.95 Å². The van der Waals surface area contributed by atoms with Crippen molar-refractivity contribution in [1.82, 2.24) is 20.3 Å². The van der Waals surface area contributed by atoms with Crippen LogP contribution in [0, 0.1) is 0 Å². The third-order valence-electron chi connectivity index (χ3n) is 3.26. The number of rotatable bonds is 6. The first-order valence-corrected chi connectivity index (χ1v) is 7.81. The van der Waals surface area contributed by atoms with Gasteiger partial charge in [-0.1, -0.05) is 52.6 Å². The Morgan fingerprint density at radius 3 is 2.71 bits per heavy atom. The fraction of sp³-hybridized carbons (Fsp3) is 0.133. The molecule has 0 radical (unpaired) electrons. The largest absolute Gasteiger partial charge is 0.489 e. The first-order chi connectivity index (χ1) is 11.6. The third kappa shape index (κ3) is 3.87. The Kier molecular flexibility index (Phi) is 5.02. The zero-order valence-electron chi connectivity index (χ0n) is 12.5. The zero-order valence-corrected chi connectivity index (χ0v) is 14.0. The van der Waals surface area contributed by atoms with E-state index < -0.39 is 0 Å². The van der Waals surface area contributed by atoms with Crippen LogP contribution < -0.4 is 15.9 Å². The molecule has 0 aliphatic carbocycles. The number of nitrogen functional groups attached to an aromatic ring is 1. The third-order valence-corrected chi connectivity index (χ3v) is 4.00. The number of aromatic nitrogens is 4. The summed E-state index contributed by atoms with van der Waals surface area (Å²) in [6, 6.07) is 13.1. The van der Waals surface area contributed by atoms with Gasteiger partial charge in [0.2, 0.25) is 0 Å². The molecule has 1 aromatic heterocycles. The van der Waals surface area contributed by atoms with E-state index in [2.05, 4.69) is 21.0 Å². The van der Waals surface area contributed by atoms with Crippen molar-refractivity contribution in [3.8, 4) is 5.75 Å². The highest BCUT2D eigenvalue weighted by atomic mass is 35.5. The number of tetrazole rings is 1. The summed E-state index contributed by atoms with van der Waals surface area (Å²) in [6.07, 6.45) is 0. The SMILES string of the molecule is Nc1nnnn1NCc1ccccc1OCc1ccc(Cl)c(Cl)c1. The number of nitrogens with two attached hydrogens (primary N) is 1. The van der Waals surface area contributed by atoms with Crippen molar-refractivity contribution in [3.05, 3.63) is 63.6 Å². The predicted octanol–water partition coefficient (Wildman–Crippen LogP) is 2.88. The van der Waals surface area contributed by atoms with Gasteiger partial charge in [-0.2, -0.15) is 0 Å². The van der Waals surface area contributed by atoms with Gasteiger partial charge in [0.05, 0.1) is 16.6 Å². The molecule has 0 unspecified atom stereocenters. The van der Waals surface area contributed by atoms with E-state index in [1.165, 1.54) is 4.79 Å². The standard InChI is InChI=1S/C15H14Cl2N6O/c16-12-6-5-10(7-13(12)17)9-24-14-4-2-1-3-11(14)8-19-23-15(18)20-21-22-23/h1-7,19H,8-9H2,(H2,18,20,22). The maximum absolute atomic E-state index is 6.02. The van der Waals surface area contributed by atoms with Crippen molar-refractivity contribution >= 4 is 29.2 Å².